The van der Waals surface area contributed by atoms with E-state index in [9.17, 15) is 0 Å². The van der Waals surface area contributed by atoms with Crippen molar-refractivity contribution in [1.82, 2.24) is 9.80 Å². The molecule has 0 amide bonds. The van der Waals surface area contributed by atoms with E-state index in [0.29, 0.717) is 11.5 Å². The van der Waals surface area contributed by atoms with Crippen LogP contribution in [0.1, 0.15) is 20.3 Å². The van der Waals surface area contributed by atoms with Crippen molar-refractivity contribution in [3.8, 4) is 0 Å². The van der Waals surface area contributed by atoms with Gasteiger partial charge in [-0.3, -0.25) is 0 Å². The van der Waals surface area contributed by atoms with E-state index in [-0.39, 0.29) is 0 Å². The van der Waals surface area contributed by atoms with E-state index < -0.39 is 0 Å². The molecule has 1 fully saturated rings. The van der Waals surface area contributed by atoms with E-state index in [1.165, 1.54) is 13.1 Å². The highest BCUT2D eigenvalue weighted by Gasteiger charge is 2.26. The number of nitrogens with two attached hydrogens (primary N) is 1. The van der Waals surface area contributed by atoms with Crippen LogP contribution in [-0.4, -0.2) is 56.1 Å². The lowest BCUT2D eigenvalue weighted by molar-refractivity contribution is 0.163. The molecule has 1 atom stereocenters. The molecule has 0 aromatic rings. The molecule has 3 heteroatoms. The maximum absolute atomic E-state index is 5.89. The van der Waals surface area contributed by atoms with Crippen molar-refractivity contribution in [3.05, 3.63) is 0 Å². The monoisotopic (exact) mass is 199 g/mol. The molecule has 14 heavy (non-hydrogen) atoms. The van der Waals surface area contributed by atoms with Crippen LogP contribution in [0.3, 0.4) is 0 Å². The topological polar surface area (TPSA) is 32.5 Å². The Labute approximate surface area is 88.2 Å². The van der Waals surface area contributed by atoms with Gasteiger partial charge in [0.25, 0.3) is 0 Å². The van der Waals surface area contributed by atoms with E-state index in [1.54, 1.807) is 0 Å². The van der Waals surface area contributed by atoms with Gasteiger partial charge in [-0.05, 0) is 32.5 Å². The summed E-state index contributed by atoms with van der Waals surface area (Å²) in [5.41, 5.74) is 6.26. The molecule has 1 heterocycles. The Hall–Kier alpha value is -0.120. The van der Waals surface area contributed by atoms with Gasteiger partial charge in [-0.1, -0.05) is 13.8 Å². The molecule has 0 saturated carbocycles. The maximum atomic E-state index is 5.89. The minimum Gasteiger partial charge on any atom is -0.326 e. The zero-order valence-electron chi connectivity index (χ0n) is 10.1. The summed E-state index contributed by atoms with van der Waals surface area (Å²) in [5.74, 6) is 0. The van der Waals surface area contributed by atoms with Crippen LogP contribution in [0.4, 0.5) is 0 Å². The Morgan fingerprint density at radius 2 is 2.07 bits per heavy atom. The second kappa shape index (κ2) is 4.60. The molecule has 1 rings (SSSR count). The van der Waals surface area contributed by atoms with Crippen LogP contribution in [0.5, 0.6) is 0 Å². The third-order valence-corrected chi connectivity index (χ3v) is 2.70. The smallest absolute Gasteiger partial charge is 0.0180 e. The van der Waals surface area contributed by atoms with Gasteiger partial charge < -0.3 is 15.5 Å². The highest BCUT2D eigenvalue weighted by molar-refractivity contribution is 4.83. The Morgan fingerprint density at radius 1 is 1.43 bits per heavy atom. The summed E-state index contributed by atoms with van der Waals surface area (Å²) in [6.07, 6.45) is 1.16. The van der Waals surface area contributed by atoms with Gasteiger partial charge in [-0.15, -0.1) is 0 Å². The molecule has 1 aliphatic rings. The molecule has 0 aromatic carbocycles. The van der Waals surface area contributed by atoms with Crippen LogP contribution >= 0.6 is 0 Å². The summed E-state index contributed by atoms with van der Waals surface area (Å²) in [4.78, 5) is 4.75. The number of nitrogens with zero attached hydrogens (tertiary/aromatic N) is 2. The van der Waals surface area contributed by atoms with Crippen molar-refractivity contribution in [1.29, 1.82) is 0 Å². The van der Waals surface area contributed by atoms with Crippen molar-refractivity contribution in [2.24, 2.45) is 11.1 Å². The summed E-state index contributed by atoms with van der Waals surface area (Å²) >= 11 is 0. The molecule has 1 unspecified atom stereocenters. The van der Waals surface area contributed by atoms with E-state index in [1.807, 2.05) is 0 Å². The van der Waals surface area contributed by atoms with Gasteiger partial charge in [0, 0.05) is 25.7 Å². The summed E-state index contributed by atoms with van der Waals surface area (Å²) < 4.78 is 0. The minimum absolute atomic E-state index is 0.369. The first-order valence-electron chi connectivity index (χ1n) is 5.52. The largest absolute Gasteiger partial charge is 0.326 e. The number of likely N-dealkylation sites (tertiary alicyclic amines) is 1. The van der Waals surface area contributed by atoms with E-state index in [4.69, 9.17) is 5.73 Å². The van der Waals surface area contributed by atoms with Gasteiger partial charge in [0.2, 0.25) is 0 Å². The first-order chi connectivity index (χ1) is 6.39. The van der Waals surface area contributed by atoms with Crippen LogP contribution in [-0.2, 0) is 0 Å². The fraction of sp³-hybridized carbons (Fsp3) is 1.00. The highest BCUT2D eigenvalue weighted by atomic mass is 15.2. The van der Waals surface area contributed by atoms with Crippen molar-refractivity contribution < 1.29 is 0 Å². The van der Waals surface area contributed by atoms with E-state index in [0.717, 1.165) is 19.5 Å². The highest BCUT2D eigenvalue weighted by Crippen LogP contribution is 2.20. The second-order valence-electron chi connectivity index (χ2n) is 5.69. The summed E-state index contributed by atoms with van der Waals surface area (Å²) in [6, 6.07) is 0.408. The third kappa shape index (κ3) is 3.95. The van der Waals surface area contributed by atoms with Crippen LogP contribution < -0.4 is 5.73 Å². The average Bonchev–Trinajstić information content (AvgIpc) is 2.30. The van der Waals surface area contributed by atoms with Crippen molar-refractivity contribution >= 4 is 0 Å². The molecule has 84 valence electrons. The predicted molar refractivity (Wildman–Crippen MR) is 61.4 cm³/mol. The van der Waals surface area contributed by atoms with Crippen LogP contribution in [0.15, 0.2) is 0 Å². The lowest BCUT2D eigenvalue weighted by Crippen LogP contribution is -2.40. The molecule has 1 saturated heterocycles. The zero-order valence-corrected chi connectivity index (χ0v) is 10.1. The zero-order chi connectivity index (χ0) is 10.8. The maximum Gasteiger partial charge on any atom is 0.0180 e. The molecule has 3 nitrogen and oxygen atoms in total. The first kappa shape index (κ1) is 12.0. The molecule has 2 N–H and O–H groups in total. The van der Waals surface area contributed by atoms with Crippen molar-refractivity contribution in [2.75, 3.05) is 40.3 Å². The van der Waals surface area contributed by atoms with Gasteiger partial charge in [0.1, 0.15) is 0 Å². The SMILES string of the molecule is CN(C)CC(C)(C)CN1CCC(N)C1. The normalized spacial score (nSPS) is 24.9. The molecule has 0 aliphatic carbocycles. The number of rotatable bonds is 4. The quantitative estimate of drug-likeness (QED) is 0.720. The number of hydrogen-bond donors (Lipinski definition) is 1. The fourth-order valence-electron chi connectivity index (χ4n) is 2.52. The molecule has 0 radical (unpaired) electrons. The van der Waals surface area contributed by atoms with Crippen LogP contribution in [0.25, 0.3) is 0 Å². The van der Waals surface area contributed by atoms with Gasteiger partial charge in [-0.25, -0.2) is 0 Å². The fourth-order valence-corrected chi connectivity index (χ4v) is 2.52. The number of hydrogen-bond acceptors (Lipinski definition) is 3. The Balaban J connectivity index is 2.34. The minimum atomic E-state index is 0.369. The second-order valence-corrected chi connectivity index (χ2v) is 5.69. The molecule has 0 bridgehead atoms. The molecule has 1 aliphatic heterocycles. The predicted octanol–water partition coefficient (Wildman–Crippen LogP) is 0.607. The molecule has 0 spiro atoms. The Morgan fingerprint density at radius 3 is 2.50 bits per heavy atom. The van der Waals surface area contributed by atoms with Crippen molar-refractivity contribution in [2.45, 2.75) is 26.3 Å². The Kier molecular flexibility index (Phi) is 3.93. The average molecular weight is 199 g/mol. The third-order valence-electron chi connectivity index (χ3n) is 2.70. The Bertz CT molecular complexity index is 177. The first-order valence-corrected chi connectivity index (χ1v) is 5.52. The lowest BCUT2D eigenvalue weighted by Gasteiger charge is -2.32. The molecule has 0 aromatic heterocycles. The van der Waals surface area contributed by atoms with Gasteiger partial charge in [0.05, 0.1) is 0 Å². The summed E-state index contributed by atoms with van der Waals surface area (Å²) in [7, 11) is 4.27. The van der Waals surface area contributed by atoms with Crippen molar-refractivity contribution in [3.63, 3.8) is 0 Å². The van der Waals surface area contributed by atoms with Gasteiger partial charge >= 0.3 is 0 Å². The van der Waals surface area contributed by atoms with E-state index in [2.05, 4.69) is 37.7 Å². The van der Waals surface area contributed by atoms with Crippen LogP contribution in [0, 0.1) is 5.41 Å². The summed E-state index contributed by atoms with van der Waals surface area (Å²) in [6.45, 7) is 9.22. The van der Waals surface area contributed by atoms with E-state index >= 15 is 0 Å². The van der Waals surface area contributed by atoms with Gasteiger partial charge in [-0.2, -0.15) is 0 Å². The van der Waals surface area contributed by atoms with Crippen LogP contribution in [0.2, 0.25) is 0 Å². The lowest BCUT2D eigenvalue weighted by atomic mass is 9.92. The molecular weight excluding hydrogens is 174 g/mol. The standard InChI is InChI=1S/C11H25N3/c1-11(2,8-13(3)4)9-14-6-5-10(12)7-14/h10H,5-9,12H2,1-4H3. The van der Waals surface area contributed by atoms with Gasteiger partial charge in [0.15, 0.2) is 0 Å². The summed E-state index contributed by atoms with van der Waals surface area (Å²) in [5, 5.41) is 0. The molecular formula is C11H25N3.